The fraction of sp³-hybridized carbons (Fsp3) is 0.500. The number of hydrogen-bond acceptors (Lipinski definition) is 4. The van der Waals surface area contributed by atoms with Crippen molar-refractivity contribution in [1.82, 2.24) is 4.90 Å². The smallest absolute Gasteiger partial charge is 0.317 e. The van der Waals surface area contributed by atoms with Crippen LogP contribution in [-0.4, -0.2) is 63.2 Å². The van der Waals surface area contributed by atoms with Crippen molar-refractivity contribution in [2.75, 3.05) is 19.6 Å². The summed E-state index contributed by atoms with van der Waals surface area (Å²) in [7, 11) is 0. The van der Waals surface area contributed by atoms with E-state index in [0.29, 0.717) is 0 Å². The number of hydrogen-bond donors (Lipinski definition) is 3. The normalized spacial score (nSPS) is 8.60. The third-order valence-corrected chi connectivity index (χ3v) is 1.08. The van der Waals surface area contributed by atoms with Gasteiger partial charge in [-0.3, -0.25) is 19.3 Å². The van der Waals surface area contributed by atoms with Gasteiger partial charge in [0.25, 0.3) is 0 Å². The first-order valence-corrected chi connectivity index (χ1v) is 3.29. The van der Waals surface area contributed by atoms with Crippen molar-refractivity contribution in [3.05, 3.63) is 0 Å². The molecule has 0 saturated carbocycles. The minimum absolute atomic E-state index is 0. The molecule has 0 heterocycles. The molecule has 8 nitrogen and oxygen atoms in total. The van der Waals surface area contributed by atoms with Gasteiger partial charge < -0.3 is 20.8 Å². The van der Waals surface area contributed by atoms with Gasteiger partial charge >= 0.3 is 17.9 Å². The van der Waals surface area contributed by atoms with E-state index in [-0.39, 0.29) is 22.5 Å². The molecule has 1 radical (unpaired) electrons. The van der Waals surface area contributed by atoms with Crippen LogP contribution in [0.15, 0.2) is 0 Å². The van der Waals surface area contributed by atoms with Crippen LogP contribution in [0.3, 0.4) is 0 Å². The summed E-state index contributed by atoms with van der Waals surface area (Å²) < 4.78 is 0. The molecular weight excluding hydrogens is 253 g/mol. The van der Waals surface area contributed by atoms with Crippen molar-refractivity contribution in [2.24, 2.45) is 0 Å². The van der Waals surface area contributed by atoms with Crippen LogP contribution >= 0.6 is 0 Å². The zero-order valence-electron chi connectivity index (χ0n) is 7.51. The van der Waals surface area contributed by atoms with Crippen molar-refractivity contribution in [3.8, 4) is 0 Å². The minimum atomic E-state index is -1.26. The number of rotatable bonds is 6. The summed E-state index contributed by atoms with van der Waals surface area (Å²) >= 11 is 0. The topological polar surface area (TPSA) is 147 Å². The van der Waals surface area contributed by atoms with Crippen LogP contribution in [0.1, 0.15) is 0 Å². The molecule has 0 unspecified atom stereocenters. The van der Waals surface area contributed by atoms with Crippen LogP contribution in [0, 0.1) is 0 Å². The van der Waals surface area contributed by atoms with Crippen molar-refractivity contribution >= 4 is 17.9 Å². The van der Waals surface area contributed by atoms with Gasteiger partial charge in [0.05, 0.1) is 19.6 Å². The first kappa shape index (κ1) is 19.4. The third-order valence-electron chi connectivity index (χ3n) is 1.08. The summed E-state index contributed by atoms with van der Waals surface area (Å²) in [4.78, 5) is 31.2. The zero-order valence-corrected chi connectivity index (χ0v) is 8.69. The molecule has 0 atom stereocenters. The Morgan fingerprint density at radius 1 is 0.800 bits per heavy atom. The first-order valence-electron chi connectivity index (χ1n) is 3.29. The molecule has 89 valence electrons. The Morgan fingerprint density at radius 2 is 1.00 bits per heavy atom. The minimum Gasteiger partial charge on any atom is -0.480 e. The second-order valence-corrected chi connectivity index (χ2v) is 2.33. The first-order chi connectivity index (χ1) is 5.91. The largest absolute Gasteiger partial charge is 0.480 e. The third kappa shape index (κ3) is 12.8. The number of aliphatic carboxylic acids is 3. The molecule has 0 aliphatic carbocycles. The molecule has 0 aromatic rings. The van der Waals surface area contributed by atoms with Crippen molar-refractivity contribution in [1.29, 1.82) is 0 Å². The molecule has 0 aliphatic rings. The van der Waals surface area contributed by atoms with Gasteiger partial charge in [0.15, 0.2) is 0 Å². The van der Waals surface area contributed by atoms with Crippen LogP contribution in [0.25, 0.3) is 0 Å². The van der Waals surface area contributed by atoms with Crippen LogP contribution < -0.4 is 0 Å². The van der Waals surface area contributed by atoms with Crippen molar-refractivity contribution in [3.63, 3.8) is 0 Å². The van der Waals surface area contributed by atoms with E-state index in [1.54, 1.807) is 0 Å². The predicted molar refractivity (Wildman–Crippen MR) is 43.0 cm³/mol. The standard InChI is InChI=1S/C6H9NO6.Mn.H2O/c8-4(9)1-7(2-5(10)11)3-6(12)13;;/h1-3H2,(H,8,9)(H,10,11)(H,12,13);;1H2. The van der Waals surface area contributed by atoms with Gasteiger partial charge in [-0.25, -0.2) is 0 Å². The van der Waals surface area contributed by atoms with Crippen molar-refractivity contribution < 1.29 is 52.2 Å². The van der Waals surface area contributed by atoms with E-state index < -0.39 is 37.5 Å². The summed E-state index contributed by atoms with van der Waals surface area (Å²) in [5.74, 6) is -3.78. The maximum atomic E-state index is 10.1. The number of nitrogens with zero attached hydrogens (tertiary/aromatic N) is 1. The van der Waals surface area contributed by atoms with Crippen LogP contribution in [0.5, 0.6) is 0 Å². The van der Waals surface area contributed by atoms with E-state index in [4.69, 9.17) is 15.3 Å². The SMILES string of the molecule is O.O=C(O)CN(CC(=O)O)CC(=O)O.[Mn]. The van der Waals surface area contributed by atoms with Gasteiger partial charge in [0.1, 0.15) is 0 Å². The molecule has 0 spiro atoms. The van der Waals surface area contributed by atoms with Gasteiger partial charge in [-0.05, 0) is 0 Å². The van der Waals surface area contributed by atoms with Gasteiger partial charge in [-0.2, -0.15) is 0 Å². The van der Waals surface area contributed by atoms with E-state index in [1.807, 2.05) is 0 Å². The molecule has 0 saturated heterocycles. The summed E-state index contributed by atoms with van der Waals surface area (Å²) in [6.45, 7) is -1.80. The molecule has 9 heteroatoms. The van der Waals surface area contributed by atoms with Gasteiger partial charge in [-0.1, -0.05) is 0 Å². The molecule has 5 N–H and O–H groups in total. The summed E-state index contributed by atoms with van der Waals surface area (Å²) in [5, 5.41) is 24.8. The van der Waals surface area contributed by atoms with E-state index >= 15 is 0 Å². The number of carboxylic acids is 3. The second kappa shape index (κ2) is 9.41. The van der Waals surface area contributed by atoms with Crippen LogP contribution in [0.2, 0.25) is 0 Å². The monoisotopic (exact) mass is 264 g/mol. The Balaban J connectivity index is -0.000000720. The molecule has 15 heavy (non-hydrogen) atoms. The molecule has 0 fully saturated rings. The molecule has 0 aromatic heterocycles. The van der Waals surface area contributed by atoms with Gasteiger partial charge in [-0.15, -0.1) is 0 Å². The maximum absolute atomic E-state index is 10.1. The van der Waals surface area contributed by atoms with Gasteiger partial charge in [0, 0.05) is 17.1 Å². The quantitative estimate of drug-likeness (QED) is 0.457. The second-order valence-electron chi connectivity index (χ2n) is 2.33. The Morgan fingerprint density at radius 3 is 1.13 bits per heavy atom. The molecule has 0 bridgehead atoms. The zero-order chi connectivity index (χ0) is 10.4. The summed E-state index contributed by atoms with van der Waals surface area (Å²) in [6, 6.07) is 0. The Kier molecular flexibility index (Phi) is 12.2. The summed E-state index contributed by atoms with van der Waals surface area (Å²) in [5.41, 5.74) is 0. The molecule has 0 amide bonds. The van der Waals surface area contributed by atoms with Crippen molar-refractivity contribution in [2.45, 2.75) is 0 Å². The average molecular weight is 264 g/mol. The fourth-order valence-electron chi connectivity index (χ4n) is 0.742. The van der Waals surface area contributed by atoms with Gasteiger partial charge in [0.2, 0.25) is 0 Å². The maximum Gasteiger partial charge on any atom is 0.317 e. The fourth-order valence-corrected chi connectivity index (χ4v) is 0.742. The predicted octanol–water partition coefficient (Wildman–Crippen LogP) is -2.28. The Labute approximate surface area is 95.3 Å². The van der Waals surface area contributed by atoms with E-state index in [1.165, 1.54) is 0 Å². The van der Waals surface area contributed by atoms with E-state index in [0.717, 1.165) is 4.90 Å². The Hall–Kier alpha value is -1.15. The van der Waals surface area contributed by atoms with Crippen LogP contribution in [0.4, 0.5) is 0 Å². The average Bonchev–Trinajstić information content (AvgIpc) is 1.80. The summed E-state index contributed by atoms with van der Waals surface area (Å²) in [6.07, 6.45) is 0. The van der Waals surface area contributed by atoms with E-state index in [2.05, 4.69) is 0 Å². The molecule has 0 rings (SSSR count). The molecular formula is C6H11MnNO7. The van der Waals surface area contributed by atoms with Crippen LogP contribution in [-0.2, 0) is 31.5 Å². The van der Waals surface area contributed by atoms with E-state index in [9.17, 15) is 14.4 Å². The number of carboxylic acid groups (broad SMARTS) is 3. The molecule has 0 aromatic carbocycles. The Bertz CT molecular complexity index is 193. The molecule has 0 aliphatic heterocycles. The number of carbonyl (C=O) groups is 3.